The lowest BCUT2D eigenvalue weighted by molar-refractivity contribution is 0.390. The second-order valence-electron chi connectivity index (χ2n) is 2.98. The molecule has 1 aliphatic heterocycles. The van der Waals surface area contributed by atoms with Crippen LogP contribution in [0.2, 0.25) is 0 Å². The van der Waals surface area contributed by atoms with Crippen molar-refractivity contribution in [1.29, 1.82) is 0 Å². The average Bonchev–Trinajstić information content (AvgIpc) is 2.34. The molecule has 0 saturated carbocycles. The normalized spacial score (nSPS) is 25.9. The quantitative estimate of drug-likeness (QED) is 0.647. The molecule has 1 saturated heterocycles. The molecule has 0 bridgehead atoms. The summed E-state index contributed by atoms with van der Waals surface area (Å²) in [5.41, 5.74) is 0. The van der Waals surface area contributed by atoms with Gasteiger partial charge in [-0.3, -0.25) is 0 Å². The second kappa shape index (κ2) is 3.55. The van der Waals surface area contributed by atoms with Crippen molar-refractivity contribution in [1.82, 2.24) is 4.31 Å². The third-order valence-electron chi connectivity index (χ3n) is 2.09. The lowest BCUT2D eigenvalue weighted by atomic mass is 10.2. The Morgan fingerprint density at radius 2 is 2.33 bits per heavy atom. The van der Waals surface area contributed by atoms with Gasteiger partial charge in [0.15, 0.2) is 0 Å². The Bertz CT molecular complexity index is 261. The van der Waals surface area contributed by atoms with Gasteiger partial charge < -0.3 is 0 Å². The van der Waals surface area contributed by atoms with Gasteiger partial charge in [-0.1, -0.05) is 6.08 Å². The van der Waals surface area contributed by atoms with Crippen LogP contribution in [0.3, 0.4) is 0 Å². The van der Waals surface area contributed by atoms with Gasteiger partial charge in [0.1, 0.15) is 0 Å². The lowest BCUT2D eigenvalue weighted by Gasteiger charge is -2.19. The van der Waals surface area contributed by atoms with E-state index in [1.54, 1.807) is 6.08 Å². The molecule has 1 fully saturated rings. The summed E-state index contributed by atoms with van der Waals surface area (Å²) in [5, 5.41) is 5.03. The predicted molar refractivity (Wildman–Crippen MR) is 47.6 cm³/mol. The number of nitrogens with zero attached hydrogens (tertiary/aromatic N) is 1. The van der Waals surface area contributed by atoms with Gasteiger partial charge in [0.05, 0.1) is 0 Å². The highest BCUT2D eigenvalue weighted by Crippen LogP contribution is 2.21. The van der Waals surface area contributed by atoms with E-state index in [2.05, 4.69) is 6.58 Å². The molecular formula is C7H14N2O2S. The van der Waals surface area contributed by atoms with Crippen molar-refractivity contribution in [3.63, 3.8) is 0 Å². The van der Waals surface area contributed by atoms with Gasteiger partial charge in [-0.25, -0.2) is 5.14 Å². The maximum atomic E-state index is 11.0. The zero-order valence-corrected chi connectivity index (χ0v) is 7.76. The molecule has 0 aromatic heterocycles. The van der Waals surface area contributed by atoms with Crippen LogP contribution in [0.15, 0.2) is 12.7 Å². The van der Waals surface area contributed by atoms with Crippen molar-refractivity contribution in [3.05, 3.63) is 12.7 Å². The minimum Gasteiger partial charge on any atom is -0.216 e. The van der Waals surface area contributed by atoms with Gasteiger partial charge in [0.2, 0.25) is 0 Å². The largest absolute Gasteiger partial charge is 0.277 e. The fourth-order valence-electron chi connectivity index (χ4n) is 1.57. The molecule has 0 radical (unpaired) electrons. The zero-order chi connectivity index (χ0) is 9.19. The summed E-state index contributed by atoms with van der Waals surface area (Å²) in [6.07, 6.45) is 4.21. The first-order valence-corrected chi connectivity index (χ1v) is 5.46. The Labute approximate surface area is 73.2 Å². The van der Waals surface area contributed by atoms with Crippen molar-refractivity contribution in [2.75, 3.05) is 6.54 Å². The molecule has 0 amide bonds. The molecule has 1 heterocycles. The molecule has 0 aromatic rings. The van der Waals surface area contributed by atoms with E-state index in [-0.39, 0.29) is 6.04 Å². The molecule has 4 nitrogen and oxygen atoms in total. The minimum atomic E-state index is -3.49. The van der Waals surface area contributed by atoms with E-state index in [0.29, 0.717) is 13.0 Å². The topological polar surface area (TPSA) is 63.4 Å². The molecule has 70 valence electrons. The minimum absolute atomic E-state index is 0.0394. The molecule has 0 spiro atoms. The number of rotatable bonds is 3. The average molecular weight is 190 g/mol. The van der Waals surface area contributed by atoms with Gasteiger partial charge >= 0.3 is 0 Å². The van der Waals surface area contributed by atoms with Crippen molar-refractivity contribution in [2.45, 2.75) is 25.3 Å². The first-order valence-electron chi connectivity index (χ1n) is 3.96. The smallest absolute Gasteiger partial charge is 0.216 e. The maximum Gasteiger partial charge on any atom is 0.277 e. The summed E-state index contributed by atoms with van der Waals surface area (Å²) in [7, 11) is -3.49. The molecule has 5 heteroatoms. The Balaban J connectivity index is 2.70. The van der Waals surface area contributed by atoms with Crippen molar-refractivity contribution in [3.8, 4) is 0 Å². The van der Waals surface area contributed by atoms with E-state index in [1.807, 2.05) is 0 Å². The van der Waals surface area contributed by atoms with Crippen LogP contribution < -0.4 is 5.14 Å². The Hall–Kier alpha value is -0.390. The van der Waals surface area contributed by atoms with Crippen molar-refractivity contribution < 1.29 is 8.42 Å². The first kappa shape index (κ1) is 9.70. The van der Waals surface area contributed by atoms with E-state index in [4.69, 9.17) is 5.14 Å². The van der Waals surface area contributed by atoms with E-state index in [9.17, 15) is 8.42 Å². The van der Waals surface area contributed by atoms with Crippen LogP contribution in [-0.4, -0.2) is 25.3 Å². The fraction of sp³-hybridized carbons (Fsp3) is 0.714. The van der Waals surface area contributed by atoms with E-state index in [0.717, 1.165) is 12.8 Å². The van der Waals surface area contributed by atoms with Crippen LogP contribution in [0.25, 0.3) is 0 Å². The molecule has 0 unspecified atom stereocenters. The Morgan fingerprint density at radius 3 is 2.83 bits per heavy atom. The van der Waals surface area contributed by atoms with E-state index in [1.165, 1.54) is 4.31 Å². The molecular weight excluding hydrogens is 176 g/mol. The van der Waals surface area contributed by atoms with Gasteiger partial charge in [0, 0.05) is 12.6 Å². The second-order valence-corrected chi connectivity index (χ2v) is 4.48. The Kier molecular flexibility index (Phi) is 2.87. The van der Waals surface area contributed by atoms with Crippen LogP contribution >= 0.6 is 0 Å². The molecule has 1 aliphatic rings. The van der Waals surface area contributed by atoms with Gasteiger partial charge in [-0.05, 0) is 19.3 Å². The maximum absolute atomic E-state index is 11.0. The van der Waals surface area contributed by atoms with Crippen LogP contribution in [0.1, 0.15) is 19.3 Å². The van der Waals surface area contributed by atoms with Crippen LogP contribution in [0, 0.1) is 0 Å². The summed E-state index contributed by atoms with van der Waals surface area (Å²) in [6.45, 7) is 4.13. The zero-order valence-electron chi connectivity index (χ0n) is 6.94. The van der Waals surface area contributed by atoms with Crippen LogP contribution in [0.4, 0.5) is 0 Å². The standard InChI is InChI=1S/C7H14N2O2S/c1-2-4-7-5-3-6-9(7)12(8,10)11/h2,7H,1,3-6H2,(H2,8,10,11)/t7-/m0/s1. The van der Waals surface area contributed by atoms with E-state index >= 15 is 0 Å². The molecule has 1 rings (SSSR count). The van der Waals surface area contributed by atoms with E-state index < -0.39 is 10.2 Å². The van der Waals surface area contributed by atoms with Crippen molar-refractivity contribution >= 4 is 10.2 Å². The molecule has 12 heavy (non-hydrogen) atoms. The molecule has 1 atom stereocenters. The number of hydrogen-bond acceptors (Lipinski definition) is 2. The predicted octanol–water partition coefficient (Wildman–Crippen LogP) is 0.230. The SMILES string of the molecule is C=CC[C@H]1CCCN1S(N)(=O)=O. The van der Waals surface area contributed by atoms with Crippen LogP contribution in [-0.2, 0) is 10.2 Å². The molecule has 0 aromatic carbocycles. The van der Waals surface area contributed by atoms with Crippen LogP contribution in [0.5, 0.6) is 0 Å². The highest BCUT2D eigenvalue weighted by Gasteiger charge is 2.30. The summed E-state index contributed by atoms with van der Waals surface area (Å²) in [6, 6.07) is 0.0394. The van der Waals surface area contributed by atoms with Crippen molar-refractivity contribution in [2.24, 2.45) is 5.14 Å². The third-order valence-corrected chi connectivity index (χ3v) is 3.22. The number of nitrogens with two attached hydrogens (primary N) is 1. The highest BCUT2D eigenvalue weighted by atomic mass is 32.2. The van der Waals surface area contributed by atoms with Gasteiger partial charge in [0.25, 0.3) is 10.2 Å². The lowest BCUT2D eigenvalue weighted by Crippen LogP contribution is -2.39. The summed E-state index contributed by atoms with van der Waals surface area (Å²) < 4.78 is 23.3. The third kappa shape index (κ3) is 2.06. The Morgan fingerprint density at radius 1 is 1.67 bits per heavy atom. The fourth-order valence-corrected chi connectivity index (χ4v) is 2.56. The highest BCUT2D eigenvalue weighted by molar-refractivity contribution is 7.86. The first-order chi connectivity index (χ1) is 5.55. The van der Waals surface area contributed by atoms with Gasteiger partial charge in [-0.15, -0.1) is 6.58 Å². The molecule has 2 N–H and O–H groups in total. The summed E-state index contributed by atoms with van der Waals surface area (Å²) in [4.78, 5) is 0. The van der Waals surface area contributed by atoms with Gasteiger partial charge in [-0.2, -0.15) is 12.7 Å². The summed E-state index contributed by atoms with van der Waals surface area (Å²) in [5.74, 6) is 0. The number of hydrogen-bond donors (Lipinski definition) is 1. The molecule has 0 aliphatic carbocycles. The monoisotopic (exact) mass is 190 g/mol. The summed E-state index contributed by atoms with van der Waals surface area (Å²) >= 11 is 0.